The molecule has 4 atom stereocenters. The van der Waals surface area contributed by atoms with Gasteiger partial charge in [0, 0.05) is 0 Å². The monoisotopic (exact) mass is 178 g/mol. The van der Waals surface area contributed by atoms with Crippen molar-refractivity contribution >= 4 is 0 Å². The molecule has 0 amide bonds. The molecule has 3 saturated carbocycles. The van der Waals surface area contributed by atoms with Gasteiger partial charge in [0.25, 0.3) is 0 Å². The van der Waals surface area contributed by atoms with Crippen LogP contribution in [0.4, 0.5) is 0 Å². The number of hydrogen-bond acceptors (Lipinski definition) is 0. The van der Waals surface area contributed by atoms with E-state index in [0.717, 1.165) is 0 Å². The highest BCUT2D eigenvalue weighted by atomic mass is 14.5. The Labute approximate surface area is 82.1 Å². The minimum absolute atomic E-state index is 1.17. The zero-order chi connectivity index (χ0) is 8.67. The van der Waals surface area contributed by atoms with Crippen molar-refractivity contribution in [2.75, 3.05) is 0 Å². The molecule has 0 N–H and O–H groups in total. The van der Waals surface area contributed by atoms with Crippen molar-refractivity contribution in [1.29, 1.82) is 0 Å². The molecule has 0 aliphatic heterocycles. The average Bonchev–Trinajstić information content (AvgIpc) is 2.56. The molecule has 0 aromatic heterocycles. The molecule has 0 spiro atoms. The van der Waals surface area contributed by atoms with Gasteiger partial charge in [-0.1, -0.05) is 38.5 Å². The van der Waals surface area contributed by atoms with Crippen molar-refractivity contribution in [2.45, 2.75) is 57.8 Å². The second kappa shape index (κ2) is 3.29. The largest absolute Gasteiger partial charge is 0.0530 e. The van der Waals surface area contributed by atoms with Crippen LogP contribution in [0.1, 0.15) is 57.8 Å². The SMILES string of the molecule is C1CC[C@@H]2[C@H](C1)C[C@H]1CCCC[C@@H]12. The van der Waals surface area contributed by atoms with Gasteiger partial charge in [0.15, 0.2) is 0 Å². The fraction of sp³-hybridized carbons (Fsp3) is 1.00. The van der Waals surface area contributed by atoms with E-state index >= 15 is 0 Å². The quantitative estimate of drug-likeness (QED) is 0.526. The maximum Gasteiger partial charge on any atom is -0.0355 e. The number of rotatable bonds is 0. The minimum atomic E-state index is 1.17. The Balaban J connectivity index is 1.76. The lowest BCUT2D eigenvalue weighted by molar-refractivity contribution is 0.184. The van der Waals surface area contributed by atoms with Gasteiger partial charge in [0.05, 0.1) is 0 Å². The Morgan fingerprint density at radius 1 is 0.538 bits per heavy atom. The molecule has 0 saturated heterocycles. The zero-order valence-electron chi connectivity index (χ0n) is 8.67. The van der Waals surface area contributed by atoms with Gasteiger partial charge in [0.2, 0.25) is 0 Å². The van der Waals surface area contributed by atoms with E-state index in [4.69, 9.17) is 0 Å². The van der Waals surface area contributed by atoms with Crippen molar-refractivity contribution in [3.05, 3.63) is 0 Å². The molecule has 0 unspecified atom stereocenters. The molecule has 3 aliphatic rings. The summed E-state index contributed by atoms with van der Waals surface area (Å²) in [4.78, 5) is 0. The summed E-state index contributed by atoms with van der Waals surface area (Å²) in [6.45, 7) is 0. The number of fused-ring (bicyclic) bond motifs is 3. The van der Waals surface area contributed by atoms with Crippen LogP contribution >= 0.6 is 0 Å². The van der Waals surface area contributed by atoms with E-state index in [0.29, 0.717) is 0 Å². The Morgan fingerprint density at radius 3 is 1.54 bits per heavy atom. The van der Waals surface area contributed by atoms with Crippen molar-refractivity contribution in [3.8, 4) is 0 Å². The van der Waals surface area contributed by atoms with Crippen LogP contribution in [-0.4, -0.2) is 0 Å². The van der Waals surface area contributed by atoms with E-state index in [1.54, 1.807) is 57.8 Å². The van der Waals surface area contributed by atoms with Crippen molar-refractivity contribution in [1.82, 2.24) is 0 Å². The van der Waals surface area contributed by atoms with Gasteiger partial charge in [-0.25, -0.2) is 0 Å². The second-order valence-corrected chi connectivity index (χ2v) is 5.65. The van der Waals surface area contributed by atoms with Crippen LogP contribution < -0.4 is 0 Å². The normalized spacial score (nSPS) is 49.8. The molecule has 3 rings (SSSR count). The first-order valence-corrected chi connectivity index (χ1v) is 6.45. The molecule has 13 heavy (non-hydrogen) atoms. The molecule has 0 aromatic carbocycles. The summed E-state index contributed by atoms with van der Waals surface area (Å²) < 4.78 is 0. The fourth-order valence-electron chi connectivity index (χ4n) is 4.57. The van der Waals surface area contributed by atoms with Crippen LogP contribution in [0.2, 0.25) is 0 Å². The van der Waals surface area contributed by atoms with Gasteiger partial charge in [-0.15, -0.1) is 0 Å². The first kappa shape index (κ1) is 8.32. The topological polar surface area (TPSA) is 0 Å². The second-order valence-electron chi connectivity index (χ2n) is 5.65. The molecule has 3 aliphatic carbocycles. The molecular formula is C13H22. The summed E-state index contributed by atoms with van der Waals surface area (Å²) in [5, 5.41) is 0. The predicted molar refractivity (Wildman–Crippen MR) is 55.5 cm³/mol. The molecule has 0 radical (unpaired) electrons. The molecule has 0 aromatic rings. The van der Waals surface area contributed by atoms with E-state index in [1.165, 1.54) is 23.7 Å². The Morgan fingerprint density at radius 2 is 1.00 bits per heavy atom. The average molecular weight is 178 g/mol. The van der Waals surface area contributed by atoms with E-state index in [2.05, 4.69) is 0 Å². The maximum absolute atomic E-state index is 1.62. The first-order chi connectivity index (χ1) is 6.45. The summed E-state index contributed by atoms with van der Waals surface area (Å²) in [7, 11) is 0. The summed E-state index contributed by atoms with van der Waals surface area (Å²) >= 11 is 0. The van der Waals surface area contributed by atoms with Crippen molar-refractivity contribution in [3.63, 3.8) is 0 Å². The standard InChI is InChI=1S/C13H22/c1-3-7-12-10(5-1)9-11-6-2-4-8-13(11)12/h10-13H,1-9H2/t10-,11-,12-,13+/m1/s1. The van der Waals surface area contributed by atoms with E-state index in [9.17, 15) is 0 Å². The van der Waals surface area contributed by atoms with Crippen LogP contribution in [0, 0.1) is 23.7 Å². The number of hydrogen-bond donors (Lipinski definition) is 0. The van der Waals surface area contributed by atoms with E-state index < -0.39 is 0 Å². The molecule has 0 heterocycles. The molecule has 0 nitrogen and oxygen atoms in total. The third kappa shape index (κ3) is 1.33. The third-order valence-electron chi connectivity index (χ3n) is 5.09. The fourth-order valence-corrected chi connectivity index (χ4v) is 4.57. The lowest BCUT2D eigenvalue weighted by Crippen LogP contribution is -2.22. The van der Waals surface area contributed by atoms with Gasteiger partial charge in [0.1, 0.15) is 0 Å². The highest BCUT2D eigenvalue weighted by Gasteiger charge is 2.43. The smallest absolute Gasteiger partial charge is 0.0355 e. The van der Waals surface area contributed by atoms with Crippen molar-refractivity contribution in [2.24, 2.45) is 23.7 Å². The van der Waals surface area contributed by atoms with Crippen LogP contribution in [0.15, 0.2) is 0 Å². The van der Waals surface area contributed by atoms with Gasteiger partial charge < -0.3 is 0 Å². The third-order valence-corrected chi connectivity index (χ3v) is 5.09. The van der Waals surface area contributed by atoms with Gasteiger partial charge in [-0.3, -0.25) is 0 Å². The van der Waals surface area contributed by atoms with Crippen molar-refractivity contribution < 1.29 is 0 Å². The van der Waals surface area contributed by atoms with Crippen LogP contribution in [0.5, 0.6) is 0 Å². The Hall–Kier alpha value is 0. The molecule has 0 bridgehead atoms. The minimum Gasteiger partial charge on any atom is -0.0530 e. The molecule has 3 fully saturated rings. The zero-order valence-corrected chi connectivity index (χ0v) is 8.67. The summed E-state index contributed by atoms with van der Waals surface area (Å²) in [5.74, 6) is 4.70. The first-order valence-electron chi connectivity index (χ1n) is 6.45. The van der Waals surface area contributed by atoms with Crippen LogP contribution in [0.3, 0.4) is 0 Å². The molecule has 74 valence electrons. The van der Waals surface area contributed by atoms with Gasteiger partial charge in [-0.2, -0.15) is 0 Å². The van der Waals surface area contributed by atoms with Crippen LogP contribution in [-0.2, 0) is 0 Å². The summed E-state index contributed by atoms with van der Waals surface area (Å²) in [6, 6.07) is 0. The maximum atomic E-state index is 1.62. The lowest BCUT2D eigenvalue weighted by Gasteiger charge is -2.32. The summed E-state index contributed by atoms with van der Waals surface area (Å²) in [5.41, 5.74) is 0. The predicted octanol–water partition coefficient (Wildman–Crippen LogP) is 4.00. The van der Waals surface area contributed by atoms with Gasteiger partial charge in [-0.05, 0) is 42.9 Å². The molecular weight excluding hydrogens is 156 g/mol. The highest BCUT2D eigenvalue weighted by Crippen LogP contribution is 2.53. The van der Waals surface area contributed by atoms with Gasteiger partial charge >= 0.3 is 0 Å². The Kier molecular flexibility index (Phi) is 2.11. The van der Waals surface area contributed by atoms with E-state index in [-0.39, 0.29) is 0 Å². The van der Waals surface area contributed by atoms with E-state index in [1.807, 2.05) is 0 Å². The highest BCUT2D eigenvalue weighted by molar-refractivity contribution is 4.94. The van der Waals surface area contributed by atoms with Crippen LogP contribution in [0.25, 0.3) is 0 Å². The molecule has 0 heteroatoms. The Bertz CT molecular complexity index is 164. The lowest BCUT2D eigenvalue weighted by atomic mass is 9.73. The summed E-state index contributed by atoms with van der Waals surface area (Å²) in [6.07, 6.45) is 14.1.